The number of pyridine rings is 1. The number of carbonyl (C=O) groups excluding carboxylic acids is 2. The van der Waals surface area contributed by atoms with Gasteiger partial charge in [-0.2, -0.15) is 10.1 Å². The highest BCUT2D eigenvalue weighted by molar-refractivity contribution is 6.32. The van der Waals surface area contributed by atoms with Crippen molar-refractivity contribution < 1.29 is 14.7 Å². The summed E-state index contributed by atoms with van der Waals surface area (Å²) in [6.07, 6.45) is 1.36. The molecule has 0 radical (unpaired) electrons. The highest BCUT2D eigenvalue weighted by atomic mass is 16.3. The topological polar surface area (TPSA) is 129 Å². The van der Waals surface area contributed by atoms with Gasteiger partial charge in [0.15, 0.2) is 0 Å². The molecule has 0 saturated carbocycles. The lowest BCUT2D eigenvalue weighted by Crippen LogP contribution is -2.23. The zero-order valence-electron chi connectivity index (χ0n) is 15.0. The fourth-order valence-electron chi connectivity index (χ4n) is 2.88. The third-order valence-electron chi connectivity index (χ3n) is 4.37. The summed E-state index contributed by atoms with van der Waals surface area (Å²) < 4.78 is 0. The van der Waals surface area contributed by atoms with Gasteiger partial charge < -0.3 is 10.8 Å². The molecule has 138 valence electrons. The number of nitrogens with one attached hydrogen (secondary N) is 1. The number of anilines is 1. The number of hydrogen-bond donors (Lipinski definition) is 3. The molecule has 0 unspecified atom stereocenters. The van der Waals surface area contributed by atoms with Crippen molar-refractivity contribution in [3.05, 3.63) is 62.4 Å². The van der Waals surface area contributed by atoms with Gasteiger partial charge >= 0.3 is 0 Å². The van der Waals surface area contributed by atoms with Crippen LogP contribution in [0.5, 0.6) is 5.88 Å². The van der Waals surface area contributed by atoms with E-state index in [1.54, 1.807) is 19.1 Å². The van der Waals surface area contributed by atoms with Gasteiger partial charge in [-0.1, -0.05) is 17.7 Å². The zero-order chi connectivity index (χ0) is 19.9. The summed E-state index contributed by atoms with van der Waals surface area (Å²) in [7, 11) is 0. The number of nitrogens with two attached hydrogens (primary N) is 1. The van der Waals surface area contributed by atoms with E-state index in [4.69, 9.17) is 5.73 Å². The largest absolute Gasteiger partial charge is 0.494 e. The van der Waals surface area contributed by atoms with Crippen LogP contribution in [0, 0.1) is 13.8 Å². The Morgan fingerprint density at radius 2 is 1.81 bits per heavy atom. The molecular weight excluding hydrogens is 348 g/mol. The van der Waals surface area contributed by atoms with Gasteiger partial charge in [0, 0.05) is 5.56 Å². The first-order valence-electron chi connectivity index (χ1n) is 8.14. The summed E-state index contributed by atoms with van der Waals surface area (Å²) in [5.41, 5.74) is 6.96. The Bertz CT molecular complexity index is 1080. The maximum atomic E-state index is 12.8. The number of aromatic amines is 1. The predicted octanol–water partition coefficient (Wildman–Crippen LogP) is 1.60. The van der Waals surface area contributed by atoms with Gasteiger partial charge in [-0.25, -0.2) is 0 Å². The van der Waals surface area contributed by atoms with Crippen LogP contribution < -0.4 is 16.3 Å². The van der Waals surface area contributed by atoms with Crippen LogP contribution in [0.4, 0.5) is 5.69 Å². The van der Waals surface area contributed by atoms with Gasteiger partial charge in [0.2, 0.25) is 5.88 Å². The van der Waals surface area contributed by atoms with Crippen molar-refractivity contribution >= 4 is 29.3 Å². The van der Waals surface area contributed by atoms with Crippen molar-refractivity contribution in [3.63, 3.8) is 0 Å². The number of aryl methyl sites for hydroxylation is 1. The number of H-pyrrole nitrogens is 1. The Labute approximate surface area is 154 Å². The molecule has 8 nitrogen and oxygen atoms in total. The number of hydrogen-bond acceptors (Lipinski definition) is 5. The fraction of sp³-hybridized carbons (Fsp3) is 0.158. The van der Waals surface area contributed by atoms with Crippen molar-refractivity contribution in [3.8, 4) is 5.88 Å². The summed E-state index contributed by atoms with van der Waals surface area (Å²) in [6, 6.07) is 7.28. The summed E-state index contributed by atoms with van der Waals surface area (Å²) in [5.74, 6) is -1.88. The number of benzene rings is 1. The lowest BCUT2D eigenvalue weighted by Gasteiger charge is -2.12. The van der Waals surface area contributed by atoms with Crippen LogP contribution in [-0.4, -0.2) is 27.6 Å². The Morgan fingerprint density at radius 1 is 1.19 bits per heavy atom. The van der Waals surface area contributed by atoms with Crippen LogP contribution in [-0.2, 0) is 4.79 Å². The Balaban J connectivity index is 2.09. The smallest absolute Gasteiger partial charge is 0.280 e. The SMILES string of the molecule is CC1=NN(c2ccc(C)cc2)C(=O)/C1=C/c1c(C)c(C(N)=O)c(O)[nH]c1=O. The second-order valence-corrected chi connectivity index (χ2v) is 6.28. The summed E-state index contributed by atoms with van der Waals surface area (Å²) >= 11 is 0. The Hall–Kier alpha value is -3.68. The first-order chi connectivity index (χ1) is 12.7. The van der Waals surface area contributed by atoms with E-state index < -0.39 is 23.3 Å². The molecule has 3 rings (SSSR count). The number of primary amides is 1. The lowest BCUT2D eigenvalue weighted by molar-refractivity contribution is -0.114. The standard InChI is InChI=1S/C19H18N4O4/c1-9-4-6-12(7-5-9)23-19(27)14(11(3)22-23)8-13-10(2)15(16(20)24)18(26)21-17(13)25/h4-8H,1-3H3,(H2,20,24)(H2,21,25,26)/b14-8+. The number of carbonyl (C=O) groups is 2. The minimum absolute atomic E-state index is 0.0604. The van der Waals surface area contributed by atoms with Crippen LogP contribution >= 0.6 is 0 Å². The molecule has 0 atom stereocenters. The van der Waals surface area contributed by atoms with Crippen molar-refractivity contribution in [1.82, 2.24) is 4.98 Å². The number of aromatic nitrogens is 1. The van der Waals surface area contributed by atoms with E-state index in [-0.39, 0.29) is 22.3 Å². The maximum absolute atomic E-state index is 12.8. The number of aromatic hydroxyl groups is 1. The normalized spacial score (nSPS) is 15.4. The molecule has 0 bridgehead atoms. The molecular formula is C19H18N4O4. The summed E-state index contributed by atoms with van der Waals surface area (Å²) in [6.45, 7) is 5.06. The molecule has 2 heterocycles. The van der Waals surface area contributed by atoms with E-state index in [2.05, 4.69) is 10.1 Å². The summed E-state index contributed by atoms with van der Waals surface area (Å²) in [5, 5.41) is 15.3. The molecule has 1 aliphatic rings. The highest BCUT2D eigenvalue weighted by Gasteiger charge is 2.29. The molecule has 2 aromatic rings. The number of hydrazone groups is 1. The van der Waals surface area contributed by atoms with Gasteiger partial charge in [-0.15, -0.1) is 0 Å². The quantitative estimate of drug-likeness (QED) is 0.713. The minimum Gasteiger partial charge on any atom is -0.494 e. The monoisotopic (exact) mass is 366 g/mol. The second-order valence-electron chi connectivity index (χ2n) is 6.28. The maximum Gasteiger partial charge on any atom is 0.280 e. The van der Waals surface area contributed by atoms with Crippen LogP contribution in [0.1, 0.15) is 34.0 Å². The first kappa shape index (κ1) is 18.1. The average molecular weight is 366 g/mol. The molecule has 27 heavy (non-hydrogen) atoms. The van der Waals surface area contributed by atoms with E-state index in [1.165, 1.54) is 18.0 Å². The molecule has 0 saturated heterocycles. The van der Waals surface area contributed by atoms with Crippen LogP contribution in [0.25, 0.3) is 6.08 Å². The van der Waals surface area contributed by atoms with Crippen LogP contribution in [0.2, 0.25) is 0 Å². The van der Waals surface area contributed by atoms with Gasteiger partial charge in [0.1, 0.15) is 5.56 Å². The lowest BCUT2D eigenvalue weighted by atomic mass is 10.0. The van der Waals surface area contributed by atoms with Gasteiger partial charge in [0.25, 0.3) is 17.4 Å². The molecule has 1 aromatic heterocycles. The third-order valence-corrected chi connectivity index (χ3v) is 4.37. The number of rotatable bonds is 3. The van der Waals surface area contributed by atoms with Crippen LogP contribution in [0.3, 0.4) is 0 Å². The number of nitrogens with zero attached hydrogens (tertiary/aromatic N) is 2. The molecule has 0 spiro atoms. The van der Waals surface area contributed by atoms with Gasteiger partial charge in [-0.05, 0) is 44.5 Å². The summed E-state index contributed by atoms with van der Waals surface area (Å²) in [4.78, 5) is 38.8. The Morgan fingerprint density at radius 3 is 2.41 bits per heavy atom. The molecule has 1 aliphatic heterocycles. The molecule has 4 N–H and O–H groups in total. The van der Waals surface area contributed by atoms with E-state index in [1.807, 2.05) is 19.1 Å². The van der Waals surface area contributed by atoms with Gasteiger partial charge in [-0.3, -0.25) is 19.4 Å². The molecule has 0 aliphatic carbocycles. The first-order valence-corrected chi connectivity index (χ1v) is 8.14. The van der Waals surface area contributed by atoms with E-state index >= 15 is 0 Å². The second kappa shape index (κ2) is 6.56. The zero-order valence-corrected chi connectivity index (χ0v) is 15.0. The number of amides is 2. The highest BCUT2D eigenvalue weighted by Crippen LogP contribution is 2.26. The molecule has 1 aromatic carbocycles. The molecule has 0 fully saturated rings. The molecule has 8 heteroatoms. The van der Waals surface area contributed by atoms with E-state index in [9.17, 15) is 19.5 Å². The van der Waals surface area contributed by atoms with Crippen molar-refractivity contribution in [2.75, 3.05) is 5.01 Å². The van der Waals surface area contributed by atoms with Gasteiger partial charge in [0.05, 0.1) is 17.0 Å². The average Bonchev–Trinajstić information content (AvgIpc) is 2.86. The van der Waals surface area contributed by atoms with Crippen LogP contribution in [0.15, 0.2) is 39.7 Å². The van der Waals surface area contributed by atoms with E-state index in [0.29, 0.717) is 11.4 Å². The van der Waals surface area contributed by atoms with E-state index in [0.717, 1.165) is 5.56 Å². The minimum atomic E-state index is -0.884. The van der Waals surface area contributed by atoms with Crippen molar-refractivity contribution in [1.29, 1.82) is 0 Å². The molecule has 2 amide bonds. The predicted molar refractivity (Wildman–Crippen MR) is 102 cm³/mol. The van der Waals surface area contributed by atoms with Crippen molar-refractivity contribution in [2.45, 2.75) is 20.8 Å². The fourth-order valence-corrected chi connectivity index (χ4v) is 2.88. The van der Waals surface area contributed by atoms with Crippen molar-refractivity contribution in [2.24, 2.45) is 10.8 Å². The third kappa shape index (κ3) is 3.12. The Kier molecular flexibility index (Phi) is 4.40.